The van der Waals surface area contributed by atoms with Crippen LogP contribution in [-0.2, 0) is 19.5 Å². The van der Waals surface area contributed by atoms with E-state index < -0.39 is 0 Å². The zero-order valence-corrected chi connectivity index (χ0v) is 13.7. The molecule has 0 bridgehead atoms. The van der Waals surface area contributed by atoms with Gasteiger partial charge in [-0.05, 0) is 24.8 Å². The first-order chi connectivity index (χ1) is 11.8. The molecule has 0 spiro atoms. The van der Waals surface area contributed by atoms with Crippen LogP contribution in [0.2, 0.25) is 0 Å². The van der Waals surface area contributed by atoms with E-state index in [9.17, 15) is 5.21 Å². The van der Waals surface area contributed by atoms with Crippen LogP contribution in [0.1, 0.15) is 41.9 Å². The largest absolute Gasteiger partial charge is 0.619 e. The Morgan fingerprint density at radius 1 is 1.17 bits per heavy atom. The topological polar surface area (TPSA) is 68.3 Å². The molecular weight excluding hydrogens is 302 g/mol. The lowest BCUT2D eigenvalue weighted by Gasteiger charge is -2.28. The molecule has 2 aromatic heterocycles. The lowest BCUT2D eigenvalue weighted by molar-refractivity contribution is -0.605. The molecule has 0 unspecified atom stereocenters. The van der Waals surface area contributed by atoms with Gasteiger partial charge < -0.3 is 5.21 Å². The van der Waals surface area contributed by atoms with Crippen LogP contribution in [0.25, 0.3) is 0 Å². The van der Waals surface area contributed by atoms with Crippen LogP contribution in [0.3, 0.4) is 0 Å². The van der Waals surface area contributed by atoms with Gasteiger partial charge in [-0.2, -0.15) is 4.73 Å². The molecule has 6 nitrogen and oxygen atoms in total. The molecule has 4 rings (SSSR count). The highest BCUT2D eigenvalue weighted by Gasteiger charge is 2.20. The lowest BCUT2D eigenvalue weighted by Crippen LogP contribution is -2.32. The average molecular weight is 323 g/mol. The summed E-state index contributed by atoms with van der Waals surface area (Å²) in [7, 11) is 0. The first-order valence-corrected chi connectivity index (χ1v) is 8.56. The fraction of sp³-hybridized carbons (Fsp3) is 0.444. The van der Waals surface area contributed by atoms with Gasteiger partial charge in [0.15, 0.2) is 18.2 Å². The molecule has 0 amide bonds. The average Bonchev–Trinajstić information content (AvgIpc) is 2.64. The van der Waals surface area contributed by atoms with Crippen molar-refractivity contribution in [1.82, 2.24) is 14.9 Å². The van der Waals surface area contributed by atoms with Crippen molar-refractivity contribution in [2.45, 2.75) is 38.8 Å². The normalized spacial score (nSPS) is 18.1. The molecule has 2 aliphatic rings. The summed E-state index contributed by atoms with van der Waals surface area (Å²) < 4.78 is 0.818. The summed E-state index contributed by atoms with van der Waals surface area (Å²) in [4.78, 5) is 16.3. The summed E-state index contributed by atoms with van der Waals surface area (Å²) in [6, 6.07) is 3.76. The van der Waals surface area contributed by atoms with Crippen LogP contribution in [0.5, 0.6) is 0 Å². The smallest absolute Gasteiger partial charge is 0.180 e. The van der Waals surface area contributed by atoms with Crippen LogP contribution in [0, 0.1) is 5.21 Å². The van der Waals surface area contributed by atoms with E-state index in [1.54, 1.807) is 12.4 Å². The van der Waals surface area contributed by atoms with Gasteiger partial charge in [0.1, 0.15) is 0 Å². The molecule has 2 aliphatic heterocycles. The molecule has 0 aromatic carbocycles. The van der Waals surface area contributed by atoms with E-state index in [0.29, 0.717) is 0 Å². The Morgan fingerprint density at radius 2 is 2.04 bits per heavy atom. The monoisotopic (exact) mass is 323 g/mol. The van der Waals surface area contributed by atoms with Crippen molar-refractivity contribution in [3.8, 4) is 0 Å². The van der Waals surface area contributed by atoms with Gasteiger partial charge in [-0.25, -0.2) is 9.97 Å². The molecule has 0 aliphatic carbocycles. The zero-order chi connectivity index (χ0) is 16.4. The Morgan fingerprint density at radius 3 is 2.83 bits per heavy atom. The Kier molecular flexibility index (Phi) is 4.21. The summed E-state index contributed by atoms with van der Waals surface area (Å²) in [5.74, 6) is 0.824. The molecule has 4 heterocycles. The van der Waals surface area contributed by atoms with Gasteiger partial charge in [0.05, 0.1) is 11.4 Å². The van der Waals surface area contributed by atoms with Gasteiger partial charge in [-0.1, -0.05) is 0 Å². The van der Waals surface area contributed by atoms with Gasteiger partial charge in [0.25, 0.3) is 0 Å². The molecule has 0 atom stereocenters. The molecule has 0 saturated carbocycles. The van der Waals surface area contributed by atoms with Gasteiger partial charge >= 0.3 is 0 Å². The molecule has 124 valence electrons. The van der Waals surface area contributed by atoms with E-state index >= 15 is 0 Å². The van der Waals surface area contributed by atoms with Crippen LogP contribution >= 0.6 is 0 Å². The SMILES string of the molecule is [O-][n+]1ccc(CN2CCc3nc(C4=NCCCC4)ncc3C2)cc1. The number of rotatable bonds is 3. The van der Waals surface area contributed by atoms with Gasteiger partial charge in [-0.15, -0.1) is 0 Å². The fourth-order valence-electron chi connectivity index (χ4n) is 3.34. The molecule has 0 saturated heterocycles. The number of pyridine rings is 1. The second-order valence-electron chi connectivity index (χ2n) is 6.48. The molecule has 2 aromatic rings. The number of fused-ring (bicyclic) bond motifs is 1. The second-order valence-corrected chi connectivity index (χ2v) is 6.48. The first-order valence-electron chi connectivity index (χ1n) is 8.56. The summed E-state index contributed by atoms with van der Waals surface area (Å²) in [6.07, 6.45) is 9.37. The maximum Gasteiger partial charge on any atom is 0.180 e. The highest BCUT2D eigenvalue weighted by Crippen LogP contribution is 2.19. The maximum absolute atomic E-state index is 11.1. The first kappa shape index (κ1) is 15.2. The van der Waals surface area contributed by atoms with Crippen molar-refractivity contribution in [3.05, 3.63) is 58.6 Å². The van der Waals surface area contributed by atoms with Crippen LogP contribution < -0.4 is 4.73 Å². The Hall–Kier alpha value is -2.34. The minimum Gasteiger partial charge on any atom is -0.619 e. The van der Waals surface area contributed by atoms with Crippen molar-refractivity contribution >= 4 is 5.71 Å². The minimum absolute atomic E-state index is 0.818. The predicted molar refractivity (Wildman–Crippen MR) is 90.5 cm³/mol. The van der Waals surface area contributed by atoms with Crippen LogP contribution in [-0.4, -0.2) is 33.7 Å². The van der Waals surface area contributed by atoms with E-state index in [2.05, 4.69) is 14.9 Å². The van der Waals surface area contributed by atoms with E-state index in [1.165, 1.54) is 18.4 Å². The maximum atomic E-state index is 11.1. The van der Waals surface area contributed by atoms with E-state index in [4.69, 9.17) is 4.98 Å². The third-order valence-electron chi connectivity index (χ3n) is 4.67. The van der Waals surface area contributed by atoms with Gasteiger partial charge in [0, 0.05) is 56.5 Å². The summed E-state index contributed by atoms with van der Waals surface area (Å²) >= 11 is 0. The van der Waals surface area contributed by atoms with Crippen LogP contribution in [0.4, 0.5) is 0 Å². The third kappa shape index (κ3) is 3.28. The minimum atomic E-state index is 0.818. The van der Waals surface area contributed by atoms with Crippen molar-refractivity contribution < 1.29 is 4.73 Å². The molecule has 0 radical (unpaired) electrons. The van der Waals surface area contributed by atoms with Crippen molar-refractivity contribution in [3.63, 3.8) is 0 Å². The molecule has 24 heavy (non-hydrogen) atoms. The Balaban J connectivity index is 1.47. The number of aliphatic imine (C=N–C) groups is 1. The summed E-state index contributed by atoms with van der Waals surface area (Å²) in [6.45, 7) is 3.58. The fourth-order valence-corrected chi connectivity index (χ4v) is 3.34. The van der Waals surface area contributed by atoms with E-state index in [-0.39, 0.29) is 0 Å². The third-order valence-corrected chi connectivity index (χ3v) is 4.67. The number of hydrogen-bond donors (Lipinski definition) is 0. The zero-order valence-electron chi connectivity index (χ0n) is 13.7. The molecule has 0 fully saturated rings. The molecular formula is C18H21N5O. The lowest BCUT2D eigenvalue weighted by atomic mass is 10.0. The van der Waals surface area contributed by atoms with Gasteiger partial charge in [0.2, 0.25) is 0 Å². The summed E-state index contributed by atoms with van der Waals surface area (Å²) in [5.41, 5.74) is 4.59. The molecule has 6 heteroatoms. The highest BCUT2D eigenvalue weighted by atomic mass is 16.5. The highest BCUT2D eigenvalue weighted by molar-refractivity contribution is 5.97. The Labute approximate surface area is 141 Å². The number of nitrogens with zero attached hydrogens (tertiary/aromatic N) is 5. The van der Waals surface area contributed by atoms with E-state index in [0.717, 1.165) is 66.5 Å². The quantitative estimate of drug-likeness (QED) is 0.636. The number of hydrogen-bond acceptors (Lipinski definition) is 5. The second kappa shape index (κ2) is 6.65. The van der Waals surface area contributed by atoms with E-state index in [1.807, 2.05) is 18.3 Å². The standard InChI is InChI=1S/C18H21N5O/c24-23-9-4-14(5-10-23)12-22-8-6-16-15(13-22)11-20-18(21-16)17-3-1-2-7-19-17/h4-5,9-11H,1-3,6-8,12-13H2. The van der Waals surface area contributed by atoms with Crippen molar-refractivity contribution in [1.29, 1.82) is 0 Å². The summed E-state index contributed by atoms with van der Waals surface area (Å²) in [5, 5.41) is 11.1. The molecule has 0 N–H and O–H groups in total. The van der Waals surface area contributed by atoms with Crippen molar-refractivity contribution in [2.75, 3.05) is 13.1 Å². The Bertz CT molecular complexity index is 757. The van der Waals surface area contributed by atoms with Crippen molar-refractivity contribution in [2.24, 2.45) is 4.99 Å². The predicted octanol–water partition coefficient (Wildman–Crippen LogP) is 1.64. The number of aromatic nitrogens is 3. The van der Waals surface area contributed by atoms with Gasteiger partial charge in [-0.3, -0.25) is 9.89 Å². The van der Waals surface area contributed by atoms with Crippen LogP contribution in [0.15, 0.2) is 35.7 Å².